The quantitative estimate of drug-likeness (QED) is 0.444. The fourth-order valence-electron chi connectivity index (χ4n) is 2.15. The third-order valence-corrected chi connectivity index (χ3v) is 3.50. The zero-order chi connectivity index (χ0) is 20.8. The standard InChI is InChI=1S/C18H16FN3O6/c1-10(17(24)21-14-7-8-15(19)16(9-14)22(26)27)28-18(25)12-3-5-13(6-4-12)20-11(2)23/h3-10H,1-2H3,(H,20,23)(H,21,24). The Hall–Kier alpha value is -3.82. The first-order valence-corrected chi connectivity index (χ1v) is 8.01. The summed E-state index contributed by atoms with van der Waals surface area (Å²) in [4.78, 5) is 45.0. The number of hydrogen-bond acceptors (Lipinski definition) is 6. The largest absolute Gasteiger partial charge is 0.449 e. The van der Waals surface area contributed by atoms with E-state index in [2.05, 4.69) is 10.6 Å². The van der Waals surface area contributed by atoms with Crippen LogP contribution in [0.1, 0.15) is 24.2 Å². The number of anilines is 2. The number of nitrogens with one attached hydrogen (secondary N) is 2. The van der Waals surface area contributed by atoms with Crippen molar-refractivity contribution >= 4 is 34.8 Å². The van der Waals surface area contributed by atoms with Crippen LogP contribution < -0.4 is 10.6 Å². The lowest BCUT2D eigenvalue weighted by atomic mass is 10.2. The van der Waals surface area contributed by atoms with E-state index in [-0.39, 0.29) is 17.2 Å². The molecule has 0 radical (unpaired) electrons. The summed E-state index contributed by atoms with van der Waals surface area (Å²) in [6.07, 6.45) is -1.22. The van der Waals surface area contributed by atoms with Crippen LogP contribution >= 0.6 is 0 Å². The molecule has 0 spiro atoms. The average Bonchev–Trinajstić information content (AvgIpc) is 2.63. The van der Waals surface area contributed by atoms with Gasteiger partial charge in [-0.1, -0.05) is 0 Å². The van der Waals surface area contributed by atoms with E-state index in [1.165, 1.54) is 38.1 Å². The van der Waals surface area contributed by atoms with E-state index in [1.807, 2.05) is 0 Å². The monoisotopic (exact) mass is 389 g/mol. The molecule has 0 fully saturated rings. The predicted molar refractivity (Wildman–Crippen MR) is 97.3 cm³/mol. The lowest BCUT2D eigenvalue weighted by Gasteiger charge is -2.14. The van der Waals surface area contributed by atoms with E-state index in [0.717, 1.165) is 18.2 Å². The van der Waals surface area contributed by atoms with Gasteiger partial charge in [-0.3, -0.25) is 19.7 Å². The number of halogens is 1. The molecule has 0 aliphatic rings. The first kappa shape index (κ1) is 20.5. The molecule has 2 aromatic rings. The van der Waals surface area contributed by atoms with E-state index in [9.17, 15) is 28.9 Å². The molecule has 0 bridgehead atoms. The zero-order valence-electron chi connectivity index (χ0n) is 14.9. The van der Waals surface area contributed by atoms with Gasteiger partial charge in [-0.15, -0.1) is 0 Å². The van der Waals surface area contributed by atoms with Crippen molar-refractivity contribution in [3.63, 3.8) is 0 Å². The van der Waals surface area contributed by atoms with E-state index >= 15 is 0 Å². The van der Waals surface area contributed by atoms with E-state index < -0.39 is 34.4 Å². The fraction of sp³-hybridized carbons (Fsp3) is 0.167. The van der Waals surface area contributed by atoms with Gasteiger partial charge in [-0.25, -0.2) is 4.79 Å². The highest BCUT2D eigenvalue weighted by Crippen LogP contribution is 2.22. The van der Waals surface area contributed by atoms with Gasteiger partial charge < -0.3 is 15.4 Å². The van der Waals surface area contributed by atoms with Crippen molar-refractivity contribution in [2.45, 2.75) is 20.0 Å². The molecule has 0 saturated heterocycles. The Kier molecular flexibility index (Phi) is 6.38. The molecule has 28 heavy (non-hydrogen) atoms. The maximum atomic E-state index is 13.3. The number of nitro benzene ring substituents is 1. The van der Waals surface area contributed by atoms with Crippen LogP contribution in [-0.2, 0) is 14.3 Å². The third kappa shape index (κ3) is 5.34. The second kappa shape index (κ2) is 8.71. The number of rotatable bonds is 6. The van der Waals surface area contributed by atoms with Crippen LogP contribution in [0.3, 0.4) is 0 Å². The van der Waals surface area contributed by atoms with Gasteiger partial charge in [0.25, 0.3) is 5.91 Å². The number of benzene rings is 2. The van der Waals surface area contributed by atoms with Crippen molar-refractivity contribution in [1.29, 1.82) is 0 Å². The van der Waals surface area contributed by atoms with Crippen LogP contribution in [0, 0.1) is 15.9 Å². The molecule has 2 N–H and O–H groups in total. The normalized spacial score (nSPS) is 11.2. The summed E-state index contributed by atoms with van der Waals surface area (Å²) in [5, 5.41) is 15.6. The maximum Gasteiger partial charge on any atom is 0.338 e. The number of ether oxygens (including phenoxy) is 1. The molecular formula is C18H16FN3O6. The van der Waals surface area contributed by atoms with Gasteiger partial charge in [0.15, 0.2) is 6.10 Å². The van der Waals surface area contributed by atoms with Gasteiger partial charge in [0.1, 0.15) is 0 Å². The molecule has 0 heterocycles. The molecule has 9 nitrogen and oxygen atoms in total. The van der Waals surface area contributed by atoms with Crippen molar-refractivity contribution < 1.29 is 28.4 Å². The van der Waals surface area contributed by atoms with Crippen molar-refractivity contribution in [2.75, 3.05) is 10.6 Å². The fourth-order valence-corrected chi connectivity index (χ4v) is 2.15. The summed E-state index contributed by atoms with van der Waals surface area (Å²) in [5.41, 5.74) is -0.152. The summed E-state index contributed by atoms with van der Waals surface area (Å²) in [6, 6.07) is 8.70. The minimum atomic E-state index is -1.22. The molecule has 1 unspecified atom stereocenters. The molecular weight excluding hydrogens is 373 g/mol. The third-order valence-electron chi connectivity index (χ3n) is 3.50. The Morgan fingerprint density at radius 2 is 1.68 bits per heavy atom. The van der Waals surface area contributed by atoms with Crippen LogP contribution in [-0.4, -0.2) is 28.8 Å². The molecule has 146 valence electrons. The van der Waals surface area contributed by atoms with Gasteiger partial charge >= 0.3 is 11.7 Å². The average molecular weight is 389 g/mol. The molecule has 2 amide bonds. The first-order valence-electron chi connectivity index (χ1n) is 8.01. The predicted octanol–water partition coefficient (Wildman–Crippen LogP) is 2.88. The highest BCUT2D eigenvalue weighted by atomic mass is 19.1. The van der Waals surface area contributed by atoms with Crippen LogP contribution in [0.5, 0.6) is 0 Å². The topological polar surface area (TPSA) is 128 Å². The summed E-state index contributed by atoms with van der Waals surface area (Å²) >= 11 is 0. The molecule has 2 aromatic carbocycles. The number of carbonyl (C=O) groups excluding carboxylic acids is 3. The van der Waals surface area contributed by atoms with Crippen molar-refractivity contribution in [3.8, 4) is 0 Å². The van der Waals surface area contributed by atoms with E-state index in [4.69, 9.17) is 4.74 Å². The number of nitrogens with zero attached hydrogens (tertiary/aromatic N) is 1. The lowest BCUT2D eigenvalue weighted by molar-refractivity contribution is -0.387. The summed E-state index contributed by atoms with van der Waals surface area (Å²) in [7, 11) is 0. The Balaban J connectivity index is 2.00. The number of hydrogen-bond donors (Lipinski definition) is 2. The number of amides is 2. The Morgan fingerprint density at radius 3 is 2.25 bits per heavy atom. The first-order chi connectivity index (χ1) is 13.2. The lowest BCUT2D eigenvalue weighted by Crippen LogP contribution is -2.30. The summed E-state index contributed by atoms with van der Waals surface area (Å²) in [5.74, 6) is -2.82. The molecule has 1 atom stereocenters. The number of carbonyl (C=O) groups is 3. The smallest absolute Gasteiger partial charge is 0.338 e. The maximum absolute atomic E-state index is 13.3. The number of nitro groups is 1. The molecule has 0 aliphatic carbocycles. The van der Waals surface area contributed by atoms with Gasteiger partial charge in [-0.05, 0) is 43.3 Å². The highest BCUT2D eigenvalue weighted by molar-refractivity contribution is 5.97. The second-order valence-electron chi connectivity index (χ2n) is 5.72. The van der Waals surface area contributed by atoms with Gasteiger partial charge in [0.2, 0.25) is 11.7 Å². The van der Waals surface area contributed by atoms with E-state index in [0.29, 0.717) is 5.69 Å². The number of esters is 1. The Bertz CT molecular complexity index is 929. The van der Waals surface area contributed by atoms with E-state index in [1.54, 1.807) is 0 Å². The molecule has 0 aromatic heterocycles. The summed E-state index contributed by atoms with van der Waals surface area (Å²) in [6.45, 7) is 2.66. The van der Waals surface area contributed by atoms with Gasteiger partial charge in [-0.2, -0.15) is 4.39 Å². The zero-order valence-corrected chi connectivity index (χ0v) is 14.9. The molecule has 0 saturated carbocycles. The van der Waals surface area contributed by atoms with Gasteiger partial charge in [0.05, 0.1) is 10.5 Å². The van der Waals surface area contributed by atoms with Crippen molar-refractivity contribution in [1.82, 2.24) is 0 Å². The second-order valence-corrected chi connectivity index (χ2v) is 5.72. The molecule has 2 rings (SSSR count). The minimum Gasteiger partial charge on any atom is -0.449 e. The van der Waals surface area contributed by atoms with Crippen molar-refractivity contribution in [2.24, 2.45) is 0 Å². The summed E-state index contributed by atoms with van der Waals surface area (Å²) < 4.78 is 18.4. The molecule has 10 heteroatoms. The minimum absolute atomic E-state index is 0.0133. The van der Waals surface area contributed by atoms with Crippen molar-refractivity contribution in [3.05, 3.63) is 64.0 Å². The van der Waals surface area contributed by atoms with Crippen LogP contribution in [0.25, 0.3) is 0 Å². The van der Waals surface area contributed by atoms with Crippen LogP contribution in [0.15, 0.2) is 42.5 Å². The highest BCUT2D eigenvalue weighted by Gasteiger charge is 2.21. The Morgan fingerprint density at radius 1 is 1.07 bits per heavy atom. The van der Waals surface area contributed by atoms with Crippen LogP contribution in [0.2, 0.25) is 0 Å². The van der Waals surface area contributed by atoms with Crippen LogP contribution in [0.4, 0.5) is 21.5 Å². The Labute approximate surface area is 158 Å². The van der Waals surface area contributed by atoms with Gasteiger partial charge in [0, 0.05) is 24.4 Å². The SMILES string of the molecule is CC(=O)Nc1ccc(C(=O)OC(C)C(=O)Nc2ccc(F)c([N+](=O)[O-])c2)cc1. The molecule has 0 aliphatic heterocycles.